The fourth-order valence-electron chi connectivity index (χ4n) is 2.35. The Hall–Kier alpha value is -3.07. The fraction of sp³-hybridized carbons (Fsp3) is 0.350. The Kier molecular flexibility index (Phi) is 6.98. The van der Waals surface area contributed by atoms with E-state index in [4.69, 9.17) is 14.7 Å². The number of nitriles is 1. The molecular weight excluding hydrogens is 330 g/mol. The van der Waals surface area contributed by atoms with Crippen molar-refractivity contribution in [2.24, 2.45) is 0 Å². The quantitative estimate of drug-likeness (QED) is 0.727. The highest BCUT2D eigenvalue weighted by atomic mass is 16.5. The molecule has 0 bridgehead atoms. The number of aromatic nitrogens is 1. The number of hydrogen-bond acceptors (Lipinski definition) is 5. The second-order valence-electron chi connectivity index (χ2n) is 5.87. The molecule has 2 rings (SSSR count). The van der Waals surface area contributed by atoms with Crippen LogP contribution in [0.1, 0.15) is 36.2 Å². The Morgan fingerprint density at radius 2 is 2.12 bits per heavy atom. The van der Waals surface area contributed by atoms with Crippen LogP contribution < -0.4 is 9.47 Å². The third kappa shape index (κ3) is 4.96. The first-order valence-electron chi connectivity index (χ1n) is 8.49. The fourth-order valence-corrected chi connectivity index (χ4v) is 2.35. The molecule has 0 N–H and O–H groups in total. The summed E-state index contributed by atoms with van der Waals surface area (Å²) < 4.78 is 11.5. The van der Waals surface area contributed by atoms with Crippen molar-refractivity contribution in [1.82, 2.24) is 9.88 Å². The molecule has 1 heterocycles. The molecule has 0 saturated heterocycles. The van der Waals surface area contributed by atoms with Crippen LogP contribution in [0.25, 0.3) is 0 Å². The van der Waals surface area contributed by atoms with E-state index in [1.807, 2.05) is 26.0 Å². The Bertz CT molecular complexity index is 772. The third-order valence-electron chi connectivity index (χ3n) is 3.98. The van der Waals surface area contributed by atoms with Crippen molar-refractivity contribution in [2.45, 2.75) is 32.9 Å². The highest BCUT2D eigenvalue weighted by molar-refractivity contribution is 5.95. The monoisotopic (exact) mass is 353 g/mol. The number of carbonyl (C=O) groups excluding carboxylic acids is 1. The zero-order valence-corrected chi connectivity index (χ0v) is 15.3. The topological polar surface area (TPSA) is 75.5 Å². The second-order valence-corrected chi connectivity index (χ2v) is 5.87. The van der Waals surface area contributed by atoms with Gasteiger partial charge in [-0.2, -0.15) is 5.26 Å². The Morgan fingerprint density at radius 1 is 1.31 bits per heavy atom. The van der Waals surface area contributed by atoms with Crippen molar-refractivity contribution in [1.29, 1.82) is 5.26 Å². The number of nitrogens with zero attached hydrogens (tertiary/aromatic N) is 3. The van der Waals surface area contributed by atoms with Crippen molar-refractivity contribution < 1.29 is 14.3 Å². The highest BCUT2D eigenvalue weighted by Crippen LogP contribution is 2.30. The van der Waals surface area contributed by atoms with Crippen molar-refractivity contribution in [3.63, 3.8) is 0 Å². The van der Waals surface area contributed by atoms with Crippen LogP contribution in [0.15, 0.2) is 42.7 Å². The van der Waals surface area contributed by atoms with E-state index in [1.165, 1.54) is 0 Å². The molecule has 26 heavy (non-hydrogen) atoms. The maximum atomic E-state index is 12.6. The highest BCUT2D eigenvalue weighted by Gasteiger charge is 2.19. The molecule has 0 aliphatic heterocycles. The first kappa shape index (κ1) is 19.3. The van der Waals surface area contributed by atoms with Gasteiger partial charge in [-0.05, 0) is 38.1 Å². The lowest BCUT2D eigenvalue weighted by molar-refractivity contribution is 0.0745. The number of hydrogen-bond donors (Lipinski definition) is 0. The standard InChI is InChI=1S/C20H23N3O3/c1-4-25-19-12-17(20(24)23(3)15(2)9-10-21)7-8-18(19)26-14-16-6-5-11-22-13-16/h5-8,11-13,15H,4,9,14H2,1-3H3. The van der Waals surface area contributed by atoms with E-state index in [9.17, 15) is 4.79 Å². The van der Waals surface area contributed by atoms with E-state index in [0.717, 1.165) is 5.56 Å². The number of carbonyl (C=O) groups is 1. The molecule has 0 spiro atoms. The van der Waals surface area contributed by atoms with Gasteiger partial charge in [-0.3, -0.25) is 9.78 Å². The van der Waals surface area contributed by atoms with Crippen molar-refractivity contribution >= 4 is 5.91 Å². The van der Waals surface area contributed by atoms with Crippen LogP contribution in [0.4, 0.5) is 0 Å². The predicted molar refractivity (Wildman–Crippen MR) is 98.0 cm³/mol. The molecule has 1 aromatic heterocycles. The number of ether oxygens (including phenoxy) is 2. The van der Waals surface area contributed by atoms with Crippen LogP contribution in [-0.4, -0.2) is 35.5 Å². The molecule has 0 aliphatic carbocycles. The molecule has 1 unspecified atom stereocenters. The lowest BCUT2D eigenvalue weighted by atomic mass is 10.1. The van der Waals surface area contributed by atoms with E-state index in [0.29, 0.717) is 30.3 Å². The van der Waals surface area contributed by atoms with Gasteiger partial charge < -0.3 is 14.4 Å². The molecule has 0 fully saturated rings. The van der Waals surface area contributed by atoms with Crippen LogP contribution in [0.5, 0.6) is 11.5 Å². The van der Waals surface area contributed by atoms with E-state index in [-0.39, 0.29) is 18.4 Å². The Labute approximate surface area is 154 Å². The van der Waals surface area contributed by atoms with Gasteiger partial charge in [0.2, 0.25) is 0 Å². The molecule has 0 saturated carbocycles. The summed E-state index contributed by atoms with van der Waals surface area (Å²) in [5.74, 6) is 0.927. The third-order valence-corrected chi connectivity index (χ3v) is 3.98. The number of pyridine rings is 1. The summed E-state index contributed by atoms with van der Waals surface area (Å²) >= 11 is 0. The van der Waals surface area contributed by atoms with Crippen molar-refractivity contribution in [2.75, 3.05) is 13.7 Å². The van der Waals surface area contributed by atoms with Crippen LogP contribution >= 0.6 is 0 Å². The predicted octanol–water partition coefficient (Wildman–Crippen LogP) is 3.43. The van der Waals surface area contributed by atoms with E-state index >= 15 is 0 Å². The number of amides is 1. The second kappa shape index (κ2) is 9.42. The minimum Gasteiger partial charge on any atom is -0.490 e. The average molecular weight is 353 g/mol. The molecular formula is C20H23N3O3. The summed E-state index contributed by atoms with van der Waals surface area (Å²) in [4.78, 5) is 18.2. The minimum atomic E-state index is -0.162. The zero-order chi connectivity index (χ0) is 18.9. The van der Waals surface area contributed by atoms with Gasteiger partial charge in [-0.25, -0.2) is 0 Å². The van der Waals surface area contributed by atoms with Crippen LogP contribution in [0.2, 0.25) is 0 Å². The molecule has 0 aliphatic rings. The maximum absolute atomic E-state index is 12.6. The van der Waals surface area contributed by atoms with Gasteiger partial charge in [-0.15, -0.1) is 0 Å². The summed E-state index contributed by atoms with van der Waals surface area (Å²) in [5.41, 5.74) is 1.44. The van der Waals surface area contributed by atoms with Gasteiger partial charge >= 0.3 is 0 Å². The zero-order valence-electron chi connectivity index (χ0n) is 15.3. The van der Waals surface area contributed by atoms with E-state index in [2.05, 4.69) is 11.1 Å². The molecule has 6 nitrogen and oxygen atoms in total. The lowest BCUT2D eigenvalue weighted by Gasteiger charge is -2.23. The molecule has 136 valence electrons. The molecule has 0 radical (unpaired) electrons. The first-order chi connectivity index (χ1) is 12.6. The normalized spacial score (nSPS) is 11.3. The van der Waals surface area contributed by atoms with Crippen molar-refractivity contribution in [3.8, 4) is 17.6 Å². The smallest absolute Gasteiger partial charge is 0.254 e. The summed E-state index contributed by atoms with van der Waals surface area (Å²) in [5, 5.41) is 8.81. The van der Waals surface area contributed by atoms with E-state index in [1.54, 1.807) is 42.5 Å². The number of benzene rings is 1. The van der Waals surface area contributed by atoms with Gasteiger partial charge in [0.05, 0.1) is 19.1 Å². The molecule has 6 heteroatoms. The summed E-state index contributed by atoms with van der Waals surface area (Å²) in [6.45, 7) is 4.54. The van der Waals surface area contributed by atoms with E-state index < -0.39 is 0 Å². The van der Waals surface area contributed by atoms with Gasteiger partial charge in [0, 0.05) is 36.6 Å². The Morgan fingerprint density at radius 3 is 2.77 bits per heavy atom. The lowest BCUT2D eigenvalue weighted by Crippen LogP contribution is -2.34. The molecule has 1 atom stereocenters. The van der Waals surface area contributed by atoms with Crippen LogP contribution in [0, 0.1) is 11.3 Å². The van der Waals surface area contributed by atoms with Crippen LogP contribution in [0.3, 0.4) is 0 Å². The van der Waals surface area contributed by atoms with Gasteiger partial charge in [0.1, 0.15) is 6.61 Å². The first-order valence-corrected chi connectivity index (χ1v) is 8.49. The number of rotatable bonds is 8. The average Bonchev–Trinajstić information content (AvgIpc) is 2.67. The van der Waals surface area contributed by atoms with Crippen LogP contribution in [-0.2, 0) is 6.61 Å². The van der Waals surface area contributed by atoms with Gasteiger partial charge in [0.15, 0.2) is 11.5 Å². The summed E-state index contributed by atoms with van der Waals surface area (Å²) in [6, 6.07) is 10.8. The maximum Gasteiger partial charge on any atom is 0.254 e. The van der Waals surface area contributed by atoms with Gasteiger partial charge in [-0.1, -0.05) is 6.07 Å². The molecule has 2 aromatic rings. The SMILES string of the molecule is CCOc1cc(C(=O)N(C)C(C)CC#N)ccc1OCc1cccnc1. The summed E-state index contributed by atoms with van der Waals surface area (Å²) in [7, 11) is 1.69. The largest absolute Gasteiger partial charge is 0.490 e. The minimum absolute atomic E-state index is 0.160. The summed E-state index contributed by atoms with van der Waals surface area (Å²) in [6.07, 6.45) is 3.73. The molecule has 1 amide bonds. The molecule has 1 aromatic carbocycles. The Balaban J connectivity index is 2.17. The van der Waals surface area contributed by atoms with Gasteiger partial charge in [0.25, 0.3) is 5.91 Å². The van der Waals surface area contributed by atoms with Crippen molar-refractivity contribution in [3.05, 3.63) is 53.9 Å².